The maximum Gasteiger partial charge on any atom is 0.339 e. The standard InChI is InChI=1S/C21H20N2O6S2/c1-15-6-10-18(11-7-15)23(30(25)26)21(24)22-17-4-3-5-19(14-17)29-31(27,28)20-12-8-16(2)9-13-20/h3-14H,1-2H3,(H,22,24)(H,25,26)/p-1. The number of carbonyl (C=O) groups excluding carboxylic acids is 1. The summed E-state index contributed by atoms with van der Waals surface area (Å²) >= 11 is -2.87. The van der Waals surface area contributed by atoms with Crippen LogP contribution >= 0.6 is 0 Å². The van der Waals surface area contributed by atoms with Crippen LogP contribution in [0, 0.1) is 13.8 Å². The van der Waals surface area contributed by atoms with Gasteiger partial charge < -0.3 is 14.1 Å². The number of nitrogens with one attached hydrogen (secondary N) is 1. The lowest BCUT2D eigenvalue weighted by molar-refractivity contribution is 0.259. The number of benzene rings is 3. The lowest BCUT2D eigenvalue weighted by atomic mass is 10.2. The number of amides is 2. The minimum atomic E-state index is -4.07. The first-order chi connectivity index (χ1) is 14.7. The van der Waals surface area contributed by atoms with Crippen molar-refractivity contribution in [2.75, 3.05) is 9.62 Å². The maximum absolute atomic E-state index is 12.6. The molecule has 0 saturated heterocycles. The van der Waals surface area contributed by atoms with Crippen molar-refractivity contribution in [3.05, 3.63) is 83.9 Å². The van der Waals surface area contributed by atoms with E-state index in [1.54, 1.807) is 24.3 Å². The quantitative estimate of drug-likeness (QED) is 0.441. The average Bonchev–Trinajstić information content (AvgIpc) is 2.69. The van der Waals surface area contributed by atoms with Gasteiger partial charge in [-0.3, -0.25) is 4.21 Å². The second-order valence-electron chi connectivity index (χ2n) is 6.66. The highest BCUT2D eigenvalue weighted by molar-refractivity contribution is 7.87. The summed E-state index contributed by atoms with van der Waals surface area (Å²) in [5.41, 5.74) is 2.12. The molecular weight excluding hydrogens is 440 g/mol. The molecule has 0 aliphatic heterocycles. The van der Waals surface area contributed by atoms with Crippen LogP contribution in [-0.4, -0.2) is 23.2 Å². The number of nitrogens with zero attached hydrogens (tertiary/aromatic N) is 1. The minimum Gasteiger partial charge on any atom is -0.755 e. The van der Waals surface area contributed by atoms with Gasteiger partial charge in [0.2, 0.25) is 0 Å². The number of rotatable bonds is 6. The number of carbonyl (C=O) groups is 1. The van der Waals surface area contributed by atoms with E-state index < -0.39 is 27.4 Å². The van der Waals surface area contributed by atoms with Gasteiger partial charge in [-0.2, -0.15) is 8.42 Å². The smallest absolute Gasteiger partial charge is 0.339 e. The fourth-order valence-electron chi connectivity index (χ4n) is 2.63. The molecule has 1 atom stereocenters. The van der Waals surface area contributed by atoms with E-state index in [1.807, 2.05) is 13.8 Å². The summed E-state index contributed by atoms with van der Waals surface area (Å²) in [6.45, 7) is 3.66. The van der Waals surface area contributed by atoms with Crippen LogP contribution in [0.3, 0.4) is 0 Å². The summed E-state index contributed by atoms with van der Waals surface area (Å²) in [4.78, 5) is 12.5. The van der Waals surface area contributed by atoms with E-state index in [9.17, 15) is 22.0 Å². The fraction of sp³-hybridized carbons (Fsp3) is 0.0952. The Kier molecular flexibility index (Phi) is 6.74. The van der Waals surface area contributed by atoms with Crippen molar-refractivity contribution in [1.29, 1.82) is 0 Å². The van der Waals surface area contributed by atoms with E-state index in [4.69, 9.17) is 4.18 Å². The van der Waals surface area contributed by atoms with Gasteiger partial charge in [-0.05, 0) is 50.2 Å². The van der Waals surface area contributed by atoms with Crippen LogP contribution < -0.4 is 13.8 Å². The second kappa shape index (κ2) is 9.29. The van der Waals surface area contributed by atoms with Crippen LogP contribution in [0.5, 0.6) is 5.75 Å². The predicted molar refractivity (Wildman–Crippen MR) is 117 cm³/mol. The molecule has 0 radical (unpaired) electrons. The van der Waals surface area contributed by atoms with Gasteiger partial charge in [0.1, 0.15) is 10.6 Å². The van der Waals surface area contributed by atoms with Gasteiger partial charge in [-0.15, -0.1) is 0 Å². The third-order valence-electron chi connectivity index (χ3n) is 4.20. The van der Waals surface area contributed by atoms with E-state index in [2.05, 4.69) is 5.32 Å². The molecule has 1 unspecified atom stereocenters. The summed E-state index contributed by atoms with van der Waals surface area (Å²) in [6, 6.07) is 17.2. The number of aryl methyl sites for hydroxylation is 2. The molecule has 0 saturated carbocycles. The van der Waals surface area contributed by atoms with Crippen LogP contribution in [0.1, 0.15) is 11.1 Å². The van der Waals surface area contributed by atoms with E-state index in [0.717, 1.165) is 11.1 Å². The van der Waals surface area contributed by atoms with Gasteiger partial charge in [-0.1, -0.05) is 41.5 Å². The largest absolute Gasteiger partial charge is 0.755 e. The Bertz CT molecular complexity index is 1210. The molecule has 0 fully saturated rings. The highest BCUT2D eigenvalue weighted by Crippen LogP contribution is 2.24. The van der Waals surface area contributed by atoms with Crippen molar-refractivity contribution < 1.29 is 26.2 Å². The Labute approximate surface area is 183 Å². The molecule has 31 heavy (non-hydrogen) atoms. The minimum absolute atomic E-state index is 0.0140. The summed E-state index contributed by atoms with van der Waals surface area (Å²) in [5.74, 6) is -0.0384. The van der Waals surface area contributed by atoms with Crippen LogP contribution in [-0.2, 0) is 21.4 Å². The van der Waals surface area contributed by atoms with Crippen molar-refractivity contribution in [3.8, 4) is 5.75 Å². The maximum atomic E-state index is 12.6. The first-order valence-corrected chi connectivity index (χ1v) is 11.5. The van der Waals surface area contributed by atoms with E-state index in [0.29, 0.717) is 4.31 Å². The average molecular weight is 460 g/mol. The number of urea groups is 1. The zero-order chi connectivity index (χ0) is 22.6. The third-order valence-corrected chi connectivity index (χ3v) is 6.14. The fourth-order valence-corrected chi connectivity index (χ4v) is 4.03. The van der Waals surface area contributed by atoms with Crippen molar-refractivity contribution >= 4 is 38.8 Å². The summed E-state index contributed by atoms with van der Waals surface area (Å²) in [7, 11) is -4.07. The van der Waals surface area contributed by atoms with Gasteiger partial charge in [-0.25, -0.2) is 9.10 Å². The van der Waals surface area contributed by atoms with Crippen LogP contribution in [0.15, 0.2) is 77.7 Å². The molecule has 3 aromatic rings. The normalized spacial score (nSPS) is 12.1. The molecule has 0 spiro atoms. The predicted octanol–water partition coefficient (Wildman–Crippen LogP) is 3.90. The van der Waals surface area contributed by atoms with Gasteiger partial charge in [0.15, 0.2) is 0 Å². The van der Waals surface area contributed by atoms with Gasteiger partial charge in [0, 0.05) is 11.8 Å². The highest BCUT2D eigenvalue weighted by atomic mass is 32.2. The molecule has 3 rings (SSSR count). The van der Waals surface area contributed by atoms with Gasteiger partial charge in [0.05, 0.1) is 17.0 Å². The van der Waals surface area contributed by atoms with Crippen molar-refractivity contribution in [3.63, 3.8) is 0 Å². The molecule has 0 aliphatic carbocycles. The van der Waals surface area contributed by atoms with Crippen molar-refractivity contribution in [1.82, 2.24) is 0 Å². The van der Waals surface area contributed by atoms with Crippen molar-refractivity contribution in [2.24, 2.45) is 0 Å². The summed E-state index contributed by atoms with van der Waals surface area (Å²) < 4.78 is 53.8. The molecule has 162 valence electrons. The molecule has 3 aromatic carbocycles. The molecule has 2 amide bonds. The third kappa shape index (κ3) is 5.69. The van der Waals surface area contributed by atoms with Crippen LogP contribution in [0.2, 0.25) is 0 Å². The SMILES string of the molecule is Cc1ccc(N(C(=O)Nc2cccc(OS(=O)(=O)c3ccc(C)cc3)c2)S(=O)[O-])cc1. The Balaban J connectivity index is 1.79. The zero-order valence-corrected chi connectivity index (χ0v) is 18.3. The number of anilines is 2. The van der Waals surface area contributed by atoms with Crippen molar-refractivity contribution in [2.45, 2.75) is 18.7 Å². The Hall–Kier alpha value is -3.21. The van der Waals surface area contributed by atoms with Gasteiger partial charge in [0.25, 0.3) is 0 Å². The second-order valence-corrected chi connectivity index (χ2v) is 9.00. The van der Waals surface area contributed by atoms with E-state index >= 15 is 0 Å². The molecule has 0 heterocycles. The molecule has 1 N–H and O–H groups in total. The first-order valence-electron chi connectivity index (χ1n) is 9.04. The molecule has 0 bridgehead atoms. The zero-order valence-electron chi connectivity index (χ0n) is 16.6. The number of hydrogen-bond donors (Lipinski definition) is 1. The van der Waals surface area contributed by atoms with Gasteiger partial charge >= 0.3 is 16.1 Å². The monoisotopic (exact) mass is 459 g/mol. The summed E-state index contributed by atoms with van der Waals surface area (Å²) in [5, 5.41) is 2.43. The Morgan fingerprint density at radius 3 is 2.13 bits per heavy atom. The highest BCUT2D eigenvalue weighted by Gasteiger charge is 2.19. The molecular formula is C21H19N2O6S2-. The van der Waals surface area contributed by atoms with E-state index in [-0.39, 0.29) is 22.0 Å². The first kappa shape index (κ1) is 22.5. The number of hydrogen-bond acceptors (Lipinski definition) is 6. The lowest BCUT2D eigenvalue weighted by Crippen LogP contribution is -2.36. The molecule has 8 nitrogen and oxygen atoms in total. The Morgan fingerprint density at radius 2 is 1.55 bits per heavy atom. The topological polar surface area (TPSA) is 116 Å². The van der Waals surface area contributed by atoms with E-state index in [1.165, 1.54) is 48.5 Å². The Morgan fingerprint density at radius 1 is 0.968 bits per heavy atom. The molecule has 0 aliphatic rings. The van der Waals surface area contributed by atoms with Crippen LogP contribution in [0.4, 0.5) is 16.2 Å². The molecule has 0 aromatic heterocycles. The van der Waals surface area contributed by atoms with Crippen LogP contribution in [0.25, 0.3) is 0 Å². The lowest BCUT2D eigenvalue weighted by Gasteiger charge is -2.24. The molecule has 10 heteroatoms. The summed E-state index contributed by atoms with van der Waals surface area (Å²) in [6.07, 6.45) is 0.